The molecule has 148 valence electrons. The molecule has 0 bridgehead atoms. The van der Waals surface area contributed by atoms with Crippen LogP contribution in [0.3, 0.4) is 0 Å². The Hall–Kier alpha value is -1.88. The van der Waals surface area contributed by atoms with E-state index in [2.05, 4.69) is 56.7 Å². The Morgan fingerprint density at radius 1 is 1.00 bits per heavy atom. The number of esters is 1. The monoisotopic (exact) mass is 358 g/mol. The fourth-order valence-electron chi connectivity index (χ4n) is 1.37. The Bertz CT molecular complexity index is 353. The number of carbonyl (C=O) groups excluding carboxylic acids is 1. The smallest absolute Gasteiger partial charge is 0.302 e. The maximum atomic E-state index is 9.82. The molecule has 0 aliphatic carbocycles. The van der Waals surface area contributed by atoms with Crippen molar-refractivity contribution in [2.75, 3.05) is 13.7 Å². The van der Waals surface area contributed by atoms with E-state index in [-0.39, 0.29) is 12.4 Å². The van der Waals surface area contributed by atoms with Gasteiger partial charge in [-0.15, -0.1) is 0 Å². The van der Waals surface area contributed by atoms with Crippen LogP contribution in [0, 0.1) is 13.8 Å². The molecule has 1 aromatic carbocycles. The van der Waals surface area contributed by atoms with E-state index in [1.54, 1.807) is 6.92 Å². The minimum Gasteiger partial charge on any atom is -0.483 e. The van der Waals surface area contributed by atoms with Gasteiger partial charge in [-0.3, -0.25) is 9.59 Å². The maximum absolute atomic E-state index is 9.82. The van der Waals surface area contributed by atoms with Crippen LogP contribution in [0.15, 0.2) is 24.3 Å². The molecule has 0 amide bonds. The molecule has 0 aliphatic rings. The molecule has 5 heteroatoms. The molecule has 0 saturated heterocycles. The van der Waals surface area contributed by atoms with Crippen molar-refractivity contribution < 1.29 is 24.5 Å². The SMILES string of the molecule is CCCCCC.CCOC(C)=O.CO.Cc1ccccc1C.O=CO. The first-order valence-electron chi connectivity index (χ1n) is 8.59. The van der Waals surface area contributed by atoms with Gasteiger partial charge in [-0.25, -0.2) is 0 Å². The maximum Gasteiger partial charge on any atom is 0.302 e. The van der Waals surface area contributed by atoms with E-state index in [4.69, 9.17) is 15.0 Å². The van der Waals surface area contributed by atoms with Crippen LogP contribution >= 0.6 is 0 Å². The number of benzene rings is 1. The first kappa shape index (κ1) is 30.9. The van der Waals surface area contributed by atoms with Crippen LogP contribution in [-0.4, -0.2) is 36.4 Å². The van der Waals surface area contributed by atoms with Crippen molar-refractivity contribution in [1.82, 2.24) is 0 Å². The fraction of sp³-hybridized carbons (Fsp3) is 0.600. The molecule has 25 heavy (non-hydrogen) atoms. The molecule has 0 aromatic heterocycles. The number of hydrogen-bond donors (Lipinski definition) is 2. The number of hydrogen-bond acceptors (Lipinski definition) is 4. The van der Waals surface area contributed by atoms with Gasteiger partial charge in [0.15, 0.2) is 0 Å². The average Bonchev–Trinajstić information content (AvgIpc) is 2.59. The largest absolute Gasteiger partial charge is 0.483 e. The van der Waals surface area contributed by atoms with Crippen molar-refractivity contribution in [3.8, 4) is 0 Å². The van der Waals surface area contributed by atoms with Crippen LogP contribution in [0.4, 0.5) is 0 Å². The van der Waals surface area contributed by atoms with E-state index in [9.17, 15) is 4.79 Å². The zero-order valence-electron chi connectivity index (χ0n) is 17.0. The van der Waals surface area contributed by atoms with Crippen LogP contribution in [0.1, 0.15) is 64.5 Å². The number of carboxylic acid groups (broad SMARTS) is 1. The van der Waals surface area contributed by atoms with Gasteiger partial charge in [-0.1, -0.05) is 63.8 Å². The summed E-state index contributed by atoms with van der Waals surface area (Å²) in [5.74, 6) is -0.211. The summed E-state index contributed by atoms with van der Waals surface area (Å²) < 4.78 is 4.40. The first-order valence-corrected chi connectivity index (χ1v) is 8.59. The van der Waals surface area contributed by atoms with Gasteiger partial charge in [0.05, 0.1) is 6.61 Å². The topological polar surface area (TPSA) is 83.8 Å². The highest BCUT2D eigenvalue weighted by atomic mass is 16.5. The second-order valence-electron chi connectivity index (χ2n) is 4.82. The molecule has 0 radical (unpaired) electrons. The van der Waals surface area contributed by atoms with Crippen LogP contribution in [0.2, 0.25) is 0 Å². The molecule has 0 aliphatic heterocycles. The third-order valence-corrected chi connectivity index (χ3v) is 2.73. The second-order valence-corrected chi connectivity index (χ2v) is 4.82. The predicted molar refractivity (Wildman–Crippen MR) is 105 cm³/mol. The Kier molecular flexibility index (Phi) is 37.2. The lowest BCUT2D eigenvalue weighted by Crippen LogP contribution is -1.95. The normalized spacial score (nSPS) is 7.68. The average molecular weight is 359 g/mol. The summed E-state index contributed by atoms with van der Waals surface area (Å²) in [5, 5.41) is 13.9. The standard InChI is InChI=1S/C8H10.C6H14.C4H8O2.CH2O2.CH4O/c1-7-5-3-4-6-8(7)2;1-3-5-6-4-2;1-3-6-4(2)5;2-1-3;1-2/h3-6H,1-2H3;3-6H2,1-2H3;3H2,1-2H3;1H,(H,2,3);2H,1H3. The van der Waals surface area contributed by atoms with Gasteiger partial charge in [-0.05, 0) is 31.9 Å². The summed E-state index contributed by atoms with van der Waals surface area (Å²) in [6, 6.07) is 8.36. The number of rotatable bonds is 4. The number of aliphatic hydroxyl groups is 1. The summed E-state index contributed by atoms with van der Waals surface area (Å²) in [7, 11) is 1.00. The molecular weight excluding hydrogens is 320 g/mol. The van der Waals surface area contributed by atoms with E-state index >= 15 is 0 Å². The van der Waals surface area contributed by atoms with Crippen LogP contribution in [0.25, 0.3) is 0 Å². The van der Waals surface area contributed by atoms with Crippen molar-refractivity contribution in [3.63, 3.8) is 0 Å². The number of aliphatic hydroxyl groups excluding tert-OH is 1. The number of aryl methyl sites for hydroxylation is 2. The molecule has 5 nitrogen and oxygen atoms in total. The Morgan fingerprint density at radius 2 is 1.32 bits per heavy atom. The Balaban J connectivity index is -0.000000119. The van der Waals surface area contributed by atoms with Gasteiger partial charge in [-0.2, -0.15) is 0 Å². The number of ether oxygens (including phenoxy) is 1. The summed E-state index contributed by atoms with van der Waals surface area (Å²) in [5.41, 5.74) is 2.74. The fourth-order valence-corrected chi connectivity index (χ4v) is 1.37. The van der Waals surface area contributed by atoms with Crippen molar-refractivity contribution >= 4 is 12.4 Å². The predicted octanol–water partition coefficient (Wildman–Crippen LogP) is 4.77. The number of unbranched alkanes of at least 4 members (excludes halogenated alkanes) is 3. The third-order valence-electron chi connectivity index (χ3n) is 2.73. The summed E-state index contributed by atoms with van der Waals surface area (Å²) in [6.07, 6.45) is 5.54. The number of carbonyl (C=O) groups is 2. The lowest BCUT2D eigenvalue weighted by atomic mass is 10.1. The van der Waals surface area contributed by atoms with E-state index in [1.165, 1.54) is 43.7 Å². The lowest BCUT2D eigenvalue weighted by molar-refractivity contribution is -0.140. The van der Waals surface area contributed by atoms with E-state index < -0.39 is 0 Å². The zero-order chi connectivity index (χ0) is 20.5. The van der Waals surface area contributed by atoms with Gasteiger partial charge < -0.3 is 14.9 Å². The molecule has 0 heterocycles. The highest BCUT2D eigenvalue weighted by molar-refractivity contribution is 5.65. The van der Waals surface area contributed by atoms with Gasteiger partial charge in [0.25, 0.3) is 6.47 Å². The molecule has 1 aromatic rings. The minimum absolute atomic E-state index is 0.211. The van der Waals surface area contributed by atoms with Crippen molar-refractivity contribution in [3.05, 3.63) is 35.4 Å². The highest BCUT2D eigenvalue weighted by Crippen LogP contribution is 2.02. The summed E-state index contributed by atoms with van der Waals surface area (Å²) in [4.78, 5) is 18.2. The molecular formula is C20H38O5. The zero-order valence-corrected chi connectivity index (χ0v) is 17.0. The molecule has 0 saturated carbocycles. The highest BCUT2D eigenvalue weighted by Gasteiger charge is 1.84. The molecule has 2 N–H and O–H groups in total. The molecule has 0 unspecified atom stereocenters. The van der Waals surface area contributed by atoms with Gasteiger partial charge >= 0.3 is 5.97 Å². The van der Waals surface area contributed by atoms with Crippen molar-refractivity contribution in [2.24, 2.45) is 0 Å². The van der Waals surface area contributed by atoms with Crippen LogP contribution in [-0.2, 0) is 14.3 Å². The quantitative estimate of drug-likeness (QED) is 0.460. The van der Waals surface area contributed by atoms with E-state index in [0.717, 1.165) is 7.11 Å². The van der Waals surface area contributed by atoms with Crippen molar-refractivity contribution in [1.29, 1.82) is 0 Å². The minimum atomic E-state index is -0.250. The van der Waals surface area contributed by atoms with E-state index in [0.29, 0.717) is 6.61 Å². The van der Waals surface area contributed by atoms with Crippen LogP contribution in [0.5, 0.6) is 0 Å². The second kappa shape index (κ2) is 30.1. The van der Waals surface area contributed by atoms with Gasteiger partial charge in [0, 0.05) is 14.0 Å². The molecule has 1 rings (SSSR count). The Labute approximate surface area is 154 Å². The molecule has 0 fully saturated rings. The summed E-state index contributed by atoms with van der Waals surface area (Å²) >= 11 is 0. The Morgan fingerprint density at radius 3 is 1.44 bits per heavy atom. The van der Waals surface area contributed by atoms with Gasteiger partial charge in [0.1, 0.15) is 0 Å². The molecule has 0 atom stereocenters. The van der Waals surface area contributed by atoms with Gasteiger partial charge in [0.2, 0.25) is 0 Å². The van der Waals surface area contributed by atoms with Crippen molar-refractivity contribution in [2.45, 2.75) is 67.2 Å². The molecule has 0 spiro atoms. The summed E-state index contributed by atoms with van der Waals surface area (Å²) in [6.45, 7) is 12.1. The van der Waals surface area contributed by atoms with Crippen LogP contribution < -0.4 is 0 Å². The first-order chi connectivity index (χ1) is 11.9. The van der Waals surface area contributed by atoms with E-state index in [1.807, 2.05) is 0 Å². The third kappa shape index (κ3) is 39.2. The lowest BCUT2D eigenvalue weighted by Gasteiger charge is -1.93.